The molecule has 3 rings (SSSR count). The highest BCUT2D eigenvalue weighted by atomic mass is 16.2. The molecule has 3 heteroatoms. The Morgan fingerprint density at radius 1 is 1.28 bits per heavy atom. The molecule has 1 fully saturated rings. The molecule has 2 heterocycles. The summed E-state index contributed by atoms with van der Waals surface area (Å²) in [5.74, 6) is 0.217. The SMILES string of the molecule is CC(C(=O)N1CCC1)c1cn(C)c2ccccc12. The number of carbonyl (C=O) groups is 1. The molecule has 0 radical (unpaired) electrons. The first-order chi connectivity index (χ1) is 8.68. The van der Waals surface area contributed by atoms with Gasteiger partial charge in [0.25, 0.3) is 0 Å². The summed E-state index contributed by atoms with van der Waals surface area (Å²) in [5, 5.41) is 1.20. The van der Waals surface area contributed by atoms with Crippen LogP contribution in [-0.4, -0.2) is 28.5 Å². The first-order valence-corrected chi connectivity index (χ1v) is 6.51. The van der Waals surface area contributed by atoms with E-state index in [1.807, 2.05) is 31.0 Å². The maximum atomic E-state index is 12.3. The third-order valence-electron chi connectivity index (χ3n) is 3.93. The zero-order valence-electron chi connectivity index (χ0n) is 10.9. The number of benzene rings is 1. The number of amides is 1. The summed E-state index contributed by atoms with van der Waals surface area (Å²) in [6, 6.07) is 8.27. The lowest BCUT2D eigenvalue weighted by Gasteiger charge is -2.33. The standard InChI is InChI=1S/C15H18N2O/c1-11(15(18)17-8-5-9-17)13-10-16(2)14-7-4-3-6-12(13)14/h3-4,6-7,10-11H,5,8-9H2,1-2H3. The summed E-state index contributed by atoms with van der Waals surface area (Å²) in [6.07, 6.45) is 3.24. The number of aryl methyl sites for hydroxylation is 1. The van der Waals surface area contributed by atoms with E-state index in [1.54, 1.807) is 0 Å². The van der Waals surface area contributed by atoms with Crippen molar-refractivity contribution in [2.24, 2.45) is 7.05 Å². The average Bonchev–Trinajstić information content (AvgIpc) is 2.64. The minimum absolute atomic E-state index is 0.0450. The molecule has 3 nitrogen and oxygen atoms in total. The van der Waals surface area contributed by atoms with Crippen LogP contribution in [-0.2, 0) is 11.8 Å². The second kappa shape index (κ2) is 4.16. The summed E-state index contributed by atoms with van der Waals surface area (Å²) in [4.78, 5) is 14.2. The fourth-order valence-electron chi connectivity index (χ4n) is 2.66. The molecule has 0 bridgehead atoms. The van der Waals surface area contributed by atoms with Crippen LogP contribution in [0.2, 0.25) is 0 Å². The molecule has 1 unspecified atom stereocenters. The van der Waals surface area contributed by atoms with Crippen LogP contribution in [0.25, 0.3) is 10.9 Å². The summed E-state index contributed by atoms with van der Waals surface area (Å²) in [7, 11) is 2.03. The number of hydrogen-bond acceptors (Lipinski definition) is 1. The van der Waals surface area contributed by atoms with Gasteiger partial charge in [0.2, 0.25) is 5.91 Å². The minimum atomic E-state index is -0.0450. The number of rotatable bonds is 2. The van der Waals surface area contributed by atoms with Crippen LogP contribution in [0.4, 0.5) is 0 Å². The van der Waals surface area contributed by atoms with Gasteiger partial charge in [0, 0.05) is 37.2 Å². The molecular formula is C15H18N2O. The molecule has 1 atom stereocenters. The number of hydrogen-bond donors (Lipinski definition) is 0. The largest absolute Gasteiger partial charge is 0.350 e. The second-order valence-electron chi connectivity index (χ2n) is 5.11. The summed E-state index contributed by atoms with van der Waals surface area (Å²) in [6.45, 7) is 3.87. The molecule has 0 aliphatic carbocycles. The van der Waals surface area contributed by atoms with E-state index < -0.39 is 0 Å². The highest BCUT2D eigenvalue weighted by Gasteiger charge is 2.27. The van der Waals surface area contributed by atoms with Gasteiger partial charge >= 0.3 is 0 Å². The molecule has 0 spiro atoms. The van der Waals surface area contributed by atoms with E-state index >= 15 is 0 Å². The summed E-state index contributed by atoms with van der Waals surface area (Å²) >= 11 is 0. The molecule has 1 aromatic carbocycles. The Bertz CT molecular complexity index is 596. The normalized spacial score (nSPS) is 16.7. The molecule has 1 aliphatic heterocycles. The zero-order chi connectivity index (χ0) is 12.7. The molecule has 0 N–H and O–H groups in total. The number of carbonyl (C=O) groups excluding carboxylic acids is 1. The summed E-state index contributed by atoms with van der Waals surface area (Å²) < 4.78 is 2.10. The van der Waals surface area contributed by atoms with E-state index in [4.69, 9.17) is 0 Å². The molecule has 1 aliphatic rings. The molecule has 1 amide bonds. The van der Waals surface area contributed by atoms with Crippen molar-refractivity contribution >= 4 is 16.8 Å². The monoisotopic (exact) mass is 242 g/mol. The Hall–Kier alpha value is -1.77. The molecule has 1 aromatic heterocycles. The maximum absolute atomic E-state index is 12.3. The van der Waals surface area contributed by atoms with Crippen LogP contribution < -0.4 is 0 Å². The van der Waals surface area contributed by atoms with Gasteiger partial charge in [-0.05, 0) is 25.0 Å². The van der Waals surface area contributed by atoms with Gasteiger partial charge in [-0.3, -0.25) is 4.79 Å². The Balaban J connectivity index is 2.00. The van der Waals surface area contributed by atoms with Crippen LogP contribution in [0.5, 0.6) is 0 Å². The van der Waals surface area contributed by atoms with Crippen molar-refractivity contribution < 1.29 is 4.79 Å². The Kier molecular flexibility index (Phi) is 2.62. The van der Waals surface area contributed by atoms with E-state index in [9.17, 15) is 4.79 Å². The predicted octanol–water partition coefficient (Wildman–Crippen LogP) is 2.51. The van der Waals surface area contributed by atoms with E-state index in [0.717, 1.165) is 25.1 Å². The molecule has 0 saturated carbocycles. The van der Waals surface area contributed by atoms with Gasteiger partial charge in [-0.15, -0.1) is 0 Å². The summed E-state index contributed by atoms with van der Waals surface area (Å²) in [5.41, 5.74) is 2.33. The van der Waals surface area contributed by atoms with Crippen molar-refractivity contribution in [1.82, 2.24) is 9.47 Å². The van der Waals surface area contributed by atoms with Gasteiger partial charge < -0.3 is 9.47 Å². The zero-order valence-corrected chi connectivity index (χ0v) is 10.9. The number of fused-ring (bicyclic) bond motifs is 1. The van der Waals surface area contributed by atoms with Gasteiger partial charge in [0.05, 0.1) is 5.92 Å². The Morgan fingerprint density at radius 3 is 2.67 bits per heavy atom. The number of nitrogens with zero attached hydrogens (tertiary/aromatic N) is 2. The van der Waals surface area contributed by atoms with Crippen molar-refractivity contribution in [2.45, 2.75) is 19.3 Å². The van der Waals surface area contributed by atoms with Crippen molar-refractivity contribution in [2.75, 3.05) is 13.1 Å². The average molecular weight is 242 g/mol. The van der Waals surface area contributed by atoms with Crippen LogP contribution in [0.1, 0.15) is 24.8 Å². The number of aromatic nitrogens is 1. The van der Waals surface area contributed by atoms with Crippen molar-refractivity contribution in [3.63, 3.8) is 0 Å². The topological polar surface area (TPSA) is 25.2 Å². The van der Waals surface area contributed by atoms with Gasteiger partial charge in [0.15, 0.2) is 0 Å². The van der Waals surface area contributed by atoms with E-state index in [0.29, 0.717) is 0 Å². The minimum Gasteiger partial charge on any atom is -0.350 e. The highest BCUT2D eigenvalue weighted by Crippen LogP contribution is 2.29. The quantitative estimate of drug-likeness (QED) is 0.794. The first-order valence-electron chi connectivity index (χ1n) is 6.51. The van der Waals surface area contributed by atoms with Gasteiger partial charge in [-0.1, -0.05) is 18.2 Å². The lowest BCUT2D eigenvalue weighted by molar-refractivity contribution is -0.135. The predicted molar refractivity (Wildman–Crippen MR) is 72.5 cm³/mol. The van der Waals surface area contributed by atoms with Gasteiger partial charge in [-0.25, -0.2) is 0 Å². The smallest absolute Gasteiger partial charge is 0.229 e. The molecule has 94 valence electrons. The van der Waals surface area contributed by atoms with Crippen molar-refractivity contribution in [3.8, 4) is 0 Å². The van der Waals surface area contributed by atoms with E-state index in [2.05, 4.69) is 22.9 Å². The van der Waals surface area contributed by atoms with Crippen molar-refractivity contribution in [3.05, 3.63) is 36.0 Å². The Morgan fingerprint density at radius 2 is 2.00 bits per heavy atom. The molecular weight excluding hydrogens is 224 g/mol. The van der Waals surface area contributed by atoms with Crippen LogP contribution in [0.15, 0.2) is 30.5 Å². The maximum Gasteiger partial charge on any atom is 0.229 e. The van der Waals surface area contributed by atoms with Crippen LogP contribution in [0.3, 0.4) is 0 Å². The lowest BCUT2D eigenvalue weighted by atomic mass is 9.98. The van der Waals surface area contributed by atoms with Crippen molar-refractivity contribution in [1.29, 1.82) is 0 Å². The Labute approximate surface area is 107 Å². The molecule has 1 saturated heterocycles. The van der Waals surface area contributed by atoms with E-state index in [-0.39, 0.29) is 11.8 Å². The fraction of sp³-hybridized carbons (Fsp3) is 0.400. The molecule has 18 heavy (non-hydrogen) atoms. The third kappa shape index (κ3) is 1.62. The van der Waals surface area contributed by atoms with E-state index in [1.165, 1.54) is 10.9 Å². The number of para-hydroxylation sites is 1. The number of likely N-dealkylation sites (tertiary alicyclic amines) is 1. The van der Waals surface area contributed by atoms with Crippen LogP contribution in [0, 0.1) is 0 Å². The lowest BCUT2D eigenvalue weighted by Crippen LogP contribution is -2.44. The first kappa shape index (κ1) is 11.3. The van der Waals surface area contributed by atoms with Gasteiger partial charge in [-0.2, -0.15) is 0 Å². The second-order valence-corrected chi connectivity index (χ2v) is 5.11. The van der Waals surface area contributed by atoms with Gasteiger partial charge in [0.1, 0.15) is 0 Å². The third-order valence-corrected chi connectivity index (χ3v) is 3.93. The highest BCUT2D eigenvalue weighted by molar-refractivity contribution is 5.92. The fourth-order valence-corrected chi connectivity index (χ4v) is 2.66. The van der Waals surface area contributed by atoms with Crippen LogP contribution >= 0.6 is 0 Å². The molecule has 2 aromatic rings.